The first-order chi connectivity index (χ1) is 10.2. The lowest BCUT2D eigenvalue weighted by Crippen LogP contribution is -2.47. The minimum Gasteiger partial charge on any atom is -0.444 e. The molecule has 2 rings (SSSR count). The fraction of sp³-hybridized carbons (Fsp3) is 0.562. The van der Waals surface area contributed by atoms with Crippen LogP contribution in [-0.4, -0.2) is 29.2 Å². The molecule has 6 heteroatoms. The number of rotatable bonds is 1. The molecule has 1 aromatic rings. The van der Waals surface area contributed by atoms with Gasteiger partial charge in [0.2, 0.25) is 0 Å². The van der Waals surface area contributed by atoms with Gasteiger partial charge in [-0.05, 0) is 51.3 Å². The lowest BCUT2D eigenvalue weighted by atomic mass is 9.92. The van der Waals surface area contributed by atoms with Crippen LogP contribution in [0.15, 0.2) is 22.7 Å². The molecular weight excluding hydrogens is 368 g/mol. The molecule has 0 aliphatic carbocycles. The minimum absolute atomic E-state index is 0.0752. The van der Waals surface area contributed by atoms with Crippen LogP contribution in [0.2, 0.25) is 5.02 Å². The van der Waals surface area contributed by atoms with Crippen molar-refractivity contribution in [1.29, 1.82) is 0 Å². The Hall–Kier alpha value is -0.780. The Bertz CT molecular complexity index is 560. The van der Waals surface area contributed by atoms with Crippen molar-refractivity contribution in [3.63, 3.8) is 0 Å². The molecule has 122 valence electrons. The summed E-state index contributed by atoms with van der Waals surface area (Å²) in [5.74, 6) is 0. The third kappa shape index (κ3) is 4.37. The summed E-state index contributed by atoms with van der Waals surface area (Å²) >= 11 is 9.55. The third-order valence-electron chi connectivity index (χ3n) is 3.59. The number of hydrogen-bond donors (Lipinski definition) is 1. The summed E-state index contributed by atoms with van der Waals surface area (Å²) in [6, 6.07) is 5.57. The van der Waals surface area contributed by atoms with Gasteiger partial charge in [0, 0.05) is 22.1 Å². The molecule has 1 fully saturated rings. The van der Waals surface area contributed by atoms with Crippen molar-refractivity contribution in [1.82, 2.24) is 4.90 Å². The van der Waals surface area contributed by atoms with E-state index in [4.69, 9.17) is 22.1 Å². The van der Waals surface area contributed by atoms with Gasteiger partial charge >= 0.3 is 6.09 Å². The molecule has 1 heterocycles. The second-order valence-corrected chi connectivity index (χ2v) is 7.93. The molecule has 1 aliphatic rings. The van der Waals surface area contributed by atoms with Crippen molar-refractivity contribution in [3.8, 4) is 0 Å². The van der Waals surface area contributed by atoms with Crippen LogP contribution in [0.25, 0.3) is 0 Å². The van der Waals surface area contributed by atoms with E-state index in [-0.39, 0.29) is 18.2 Å². The van der Waals surface area contributed by atoms with Gasteiger partial charge in [0.05, 0.1) is 6.04 Å². The van der Waals surface area contributed by atoms with Crippen LogP contribution in [-0.2, 0) is 4.74 Å². The summed E-state index contributed by atoms with van der Waals surface area (Å²) in [5, 5.41) is 0.652. The quantitative estimate of drug-likeness (QED) is 0.769. The summed E-state index contributed by atoms with van der Waals surface area (Å²) in [6.45, 7) is 6.20. The van der Waals surface area contributed by atoms with Crippen LogP contribution in [0.5, 0.6) is 0 Å². The van der Waals surface area contributed by atoms with Gasteiger partial charge in [0.15, 0.2) is 0 Å². The molecule has 2 atom stereocenters. The van der Waals surface area contributed by atoms with Crippen molar-refractivity contribution in [2.75, 3.05) is 6.54 Å². The zero-order valence-corrected chi connectivity index (χ0v) is 15.4. The van der Waals surface area contributed by atoms with E-state index in [1.54, 1.807) is 4.90 Å². The summed E-state index contributed by atoms with van der Waals surface area (Å²) in [6.07, 6.45) is 1.19. The lowest BCUT2D eigenvalue weighted by Gasteiger charge is -2.39. The highest BCUT2D eigenvalue weighted by Crippen LogP contribution is 2.36. The summed E-state index contributed by atoms with van der Waals surface area (Å²) in [4.78, 5) is 14.3. The molecule has 2 N–H and O–H groups in total. The van der Waals surface area contributed by atoms with E-state index in [2.05, 4.69) is 15.9 Å². The van der Waals surface area contributed by atoms with Crippen molar-refractivity contribution in [3.05, 3.63) is 33.3 Å². The number of piperidine rings is 1. The molecule has 1 aromatic carbocycles. The number of nitrogens with two attached hydrogens (primary N) is 1. The van der Waals surface area contributed by atoms with Crippen molar-refractivity contribution in [2.24, 2.45) is 5.73 Å². The molecule has 1 saturated heterocycles. The predicted octanol–water partition coefficient (Wildman–Crippen LogP) is 4.50. The Labute approximate surface area is 145 Å². The van der Waals surface area contributed by atoms with Crippen LogP contribution in [0, 0.1) is 0 Å². The van der Waals surface area contributed by atoms with E-state index in [1.807, 2.05) is 39.0 Å². The Morgan fingerprint density at radius 3 is 2.73 bits per heavy atom. The smallest absolute Gasteiger partial charge is 0.410 e. The van der Waals surface area contributed by atoms with Crippen LogP contribution >= 0.6 is 27.5 Å². The van der Waals surface area contributed by atoms with Crippen LogP contribution in [0.4, 0.5) is 4.79 Å². The summed E-state index contributed by atoms with van der Waals surface area (Å²) < 4.78 is 6.41. The first-order valence-electron chi connectivity index (χ1n) is 7.37. The Morgan fingerprint density at radius 1 is 1.45 bits per heavy atom. The van der Waals surface area contributed by atoms with E-state index >= 15 is 0 Å². The molecule has 4 nitrogen and oxygen atoms in total. The second kappa shape index (κ2) is 6.77. The second-order valence-electron chi connectivity index (χ2n) is 6.64. The van der Waals surface area contributed by atoms with Crippen LogP contribution in [0.1, 0.15) is 45.2 Å². The molecule has 2 unspecified atom stereocenters. The Kier molecular flexibility index (Phi) is 5.41. The largest absolute Gasteiger partial charge is 0.444 e. The maximum atomic E-state index is 12.5. The average molecular weight is 390 g/mol. The first-order valence-corrected chi connectivity index (χ1v) is 8.54. The molecule has 0 aromatic heterocycles. The third-order valence-corrected chi connectivity index (χ3v) is 4.51. The standard InChI is InChI=1S/C16H22BrClN2O2/c1-16(2,3)22-15(21)20-7-6-11(19)9-14(20)12-5-4-10(18)8-13(12)17/h4-5,8,11,14H,6-7,9,19H2,1-3H3. The number of hydrogen-bond acceptors (Lipinski definition) is 3. The van der Waals surface area contributed by atoms with Gasteiger partial charge in [-0.2, -0.15) is 0 Å². The molecule has 0 bridgehead atoms. The van der Waals surface area contributed by atoms with E-state index < -0.39 is 5.60 Å². The van der Waals surface area contributed by atoms with Gasteiger partial charge in [0.1, 0.15) is 5.60 Å². The molecule has 0 spiro atoms. The molecule has 1 amide bonds. The van der Waals surface area contributed by atoms with E-state index in [0.717, 1.165) is 16.5 Å². The number of amides is 1. The topological polar surface area (TPSA) is 55.6 Å². The zero-order chi connectivity index (χ0) is 16.5. The fourth-order valence-corrected chi connectivity index (χ4v) is 3.55. The van der Waals surface area contributed by atoms with Gasteiger partial charge < -0.3 is 15.4 Å². The van der Waals surface area contributed by atoms with Crippen LogP contribution < -0.4 is 5.73 Å². The number of nitrogens with zero attached hydrogens (tertiary/aromatic N) is 1. The van der Waals surface area contributed by atoms with Gasteiger partial charge in [0.25, 0.3) is 0 Å². The summed E-state index contributed by atoms with van der Waals surface area (Å²) in [5.41, 5.74) is 6.60. The minimum atomic E-state index is -0.515. The number of halogens is 2. The van der Waals surface area contributed by atoms with Crippen molar-refractivity contribution < 1.29 is 9.53 Å². The lowest BCUT2D eigenvalue weighted by molar-refractivity contribution is 0.00789. The normalized spacial score (nSPS) is 22.5. The molecular formula is C16H22BrClN2O2. The van der Waals surface area contributed by atoms with Crippen molar-refractivity contribution >= 4 is 33.6 Å². The SMILES string of the molecule is CC(C)(C)OC(=O)N1CCC(N)CC1c1ccc(Cl)cc1Br. The molecule has 0 radical (unpaired) electrons. The van der Waals surface area contributed by atoms with Crippen LogP contribution in [0.3, 0.4) is 0 Å². The maximum Gasteiger partial charge on any atom is 0.410 e. The van der Waals surface area contributed by atoms with E-state index in [0.29, 0.717) is 18.0 Å². The predicted molar refractivity (Wildman–Crippen MR) is 92.0 cm³/mol. The summed E-state index contributed by atoms with van der Waals surface area (Å²) in [7, 11) is 0. The molecule has 0 saturated carbocycles. The number of carbonyl (C=O) groups excluding carboxylic acids is 1. The van der Waals surface area contributed by atoms with Gasteiger partial charge in [-0.3, -0.25) is 0 Å². The zero-order valence-electron chi connectivity index (χ0n) is 13.1. The Morgan fingerprint density at radius 2 is 2.14 bits per heavy atom. The number of likely N-dealkylation sites (tertiary alicyclic amines) is 1. The van der Waals surface area contributed by atoms with Gasteiger partial charge in [-0.25, -0.2) is 4.79 Å². The first kappa shape index (κ1) is 17.6. The van der Waals surface area contributed by atoms with E-state index in [9.17, 15) is 4.79 Å². The number of benzene rings is 1. The Balaban J connectivity index is 2.29. The van der Waals surface area contributed by atoms with E-state index in [1.165, 1.54) is 0 Å². The number of ether oxygens (including phenoxy) is 1. The maximum absolute atomic E-state index is 12.5. The fourth-order valence-electron chi connectivity index (χ4n) is 2.60. The monoisotopic (exact) mass is 388 g/mol. The molecule has 1 aliphatic heterocycles. The highest BCUT2D eigenvalue weighted by Gasteiger charge is 2.34. The van der Waals surface area contributed by atoms with Crippen molar-refractivity contribution in [2.45, 2.75) is 51.3 Å². The average Bonchev–Trinajstić information content (AvgIpc) is 2.36. The van der Waals surface area contributed by atoms with Gasteiger partial charge in [-0.15, -0.1) is 0 Å². The number of carbonyl (C=O) groups is 1. The highest BCUT2D eigenvalue weighted by atomic mass is 79.9. The molecule has 22 heavy (non-hydrogen) atoms. The van der Waals surface area contributed by atoms with Gasteiger partial charge in [-0.1, -0.05) is 33.6 Å². The highest BCUT2D eigenvalue weighted by molar-refractivity contribution is 9.10.